The summed E-state index contributed by atoms with van der Waals surface area (Å²) in [4.78, 5) is 4.40. The predicted octanol–water partition coefficient (Wildman–Crippen LogP) is 2.55. The third-order valence-electron chi connectivity index (χ3n) is 2.83. The molecule has 0 saturated heterocycles. The van der Waals surface area contributed by atoms with Crippen LogP contribution in [0.3, 0.4) is 0 Å². The second-order valence-corrected chi connectivity index (χ2v) is 4.53. The molecule has 1 aliphatic rings. The van der Waals surface area contributed by atoms with Crippen molar-refractivity contribution in [2.75, 3.05) is 6.54 Å². The number of hydrogen-bond donors (Lipinski definition) is 1. The van der Waals surface area contributed by atoms with E-state index >= 15 is 0 Å². The molecule has 1 aromatic carbocycles. The van der Waals surface area contributed by atoms with Crippen LogP contribution in [-0.4, -0.2) is 11.5 Å². The second kappa shape index (κ2) is 5.00. The number of benzene rings is 1. The Kier molecular flexibility index (Phi) is 3.21. The van der Waals surface area contributed by atoms with Crippen LogP contribution in [-0.2, 0) is 19.6 Å². The second-order valence-electron chi connectivity index (χ2n) is 4.12. The zero-order valence-corrected chi connectivity index (χ0v) is 10.5. The summed E-state index contributed by atoms with van der Waals surface area (Å²) < 4.78 is 11.2. The molecule has 0 bridgehead atoms. The van der Waals surface area contributed by atoms with Gasteiger partial charge in [-0.1, -0.05) is 23.7 Å². The van der Waals surface area contributed by atoms with Gasteiger partial charge < -0.3 is 14.5 Å². The molecule has 18 heavy (non-hydrogen) atoms. The number of fused-ring (bicyclic) bond motifs is 1. The molecule has 0 spiro atoms. The fourth-order valence-electron chi connectivity index (χ4n) is 1.94. The van der Waals surface area contributed by atoms with Crippen LogP contribution in [0.4, 0.5) is 0 Å². The lowest BCUT2D eigenvalue weighted by Crippen LogP contribution is -2.22. The van der Waals surface area contributed by atoms with Gasteiger partial charge in [-0.2, -0.15) is 0 Å². The standard InChI is InChI=1S/C13H13ClN2O2/c14-9-3-1-2-4-11(9)17-8-13-16-10-7-15-6-5-12(10)18-13/h1-4,15H,5-8H2. The number of rotatable bonds is 3. The number of para-hydroxylation sites is 1. The van der Waals surface area contributed by atoms with Crippen molar-refractivity contribution in [3.05, 3.63) is 46.6 Å². The smallest absolute Gasteiger partial charge is 0.232 e. The molecular formula is C13H13ClN2O2. The number of halogens is 1. The highest BCUT2D eigenvalue weighted by molar-refractivity contribution is 6.32. The van der Waals surface area contributed by atoms with E-state index in [-0.39, 0.29) is 0 Å². The van der Waals surface area contributed by atoms with Crippen molar-refractivity contribution in [1.29, 1.82) is 0 Å². The molecule has 2 heterocycles. The van der Waals surface area contributed by atoms with Gasteiger partial charge in [0.25, 0.3) is 0 Å². The maximum absolute atomic E-state index is 6.01. The Labute approximate surface area is 110 Å². The van der Waals surface area contributed by atoms with Crippen LogP contribution in [0, 0.1) is 0 Å². The summed E-state index contributed by atoms with van der Waals surface area (Å²) in [6, 6.07) is 7.37. The Bertz CT molecular complexity index is 530. The van der Waals surface area contributed by atoms with E-state index in [0.29, 0.717) is 23.3 Å². The van der Waals surface area contributed by atoms with Crippen molar-refractivity contribution < 1.29 is 9.15 Å². The lowest BCUT2D eigenvalue weighted by atomic mass is 10.2. The lowest BCUT2D eigenvalue weighted by molar-refractivity contribution is 0.259. The van der Waals surface area contributed by atoms with E-state index in [1.54, 1.807) is 6.07 Å². The van der Waals surface area contributed by atoms with Crippen molar-refractivity contribution in [2.24, 2.45) is 0 Å². The van der Waals surface area contributed by atoms with E-state index in [1.807, 2.05) is 18.2 Å². The van der Waals surface area contributed by atoms with Crippen LogP contribution in [0.15, 0.2) is 28.7 Å². The fourth-order valence-corrected chi connectivity index (χ4v) is 2.13. The highest BCUT2D eigenvalue weighted by Gasteiger charge is 2.16. The summed E-state index contributed by atoms with van der Waals surface area (Å²) in [6.45, 7) is 2.01. The maximum atomic E-state index is 6.01. The summed E-state index contributed by atoms with van der Waals surface area (Å²) in [5.41, 5.74) is 0.985. The largest absolute Gasteiger partial charge is 0.482 e. The van der Waals surface area contributed by atoms with Crippen LogP contribution >= 0.6 is 11.6 Å². The van der Waals surface area contributed by atoms with Gasteiger partial charge in [0.1, 0.15) is 11.5 Å². The number of aromatic nitrogens is 1. The predicted molar refractivity (Wildman–Crippen MR) is 67.7 cm³/mol. The fraction of sp³-hybridized carbons (Fsp3) is 0.308. The summed E-state index contributed by atoms with van der Waals surface area (Å²) >= 11 is 6.01. The Balaban J connectivity index is 1.70. The van der Waals surface area contributed by atoms with Gasteiger partial charge in [0.15, 0.2) is 6.61 Å². The average molecular weight is 265 g/mol. The maximum Gasteiger partial charge on any atom is 0.232 e. The Hall–Kier alpha value is -1.52. The minimum absolute atomic E-state index is 0.302. The van der Waals surface area contributed by atoms with Crippen molar-refractivity contribution >= 4 is 11.6 Å². The number of hydrogen-bond acceptors (Lipinski definition) is 4. The number of ether oxygens (including phenoxy) is 1. The van der Waals surface area contributed by atoms with E-state index in [4.69, 9.17) is 20.8 Å². The number of oxazole rings is 1. The van der Waals surface area contributed by atoms with Crippen molar-refractivity contribution in [3.63, 3.8) is 0 Å². The van der Waals surface area contributed by atoms with E-state index in [1.165, 1.54) is 0 Å². The van der Waals surface area contributed by atoms with E-state index in [0.717, 1.165) is 31.0 Å². The SMILES string of the molecule is Clc1ccccc1OCc1nc2c(o1)CCNC2. The molecule has 0 fully saturated rings. The average Bonchev–Trinajstić information content (AvgIpc) is 2.80. The highest BCUT2D eigenvalue weighted by atomic mass is 35.5. The number of nitrogens with zero attached hydrogens (tertiary/aromatic N) is 1. The van der Waals surface area contributed by atoms with Crippen LogP contribution in [0.1, 0.15) is 17.3 Å². The van der Waals surface area contributed by atoms with Crippen LogP contribution < -0.4 is 10.1 Å². The van der Waals surface area contributed by atoms with Gasteiger partial charge in [-0.3, -0.25) is 0 Å². The molecule has 1 N–H and O–H groups in total. The molecule has 1 aromatic heterocycles. The summed E-state index contributed by atoms with van der Waals surface area (Å²) in [6.07, 6.45) is 0.883. The van der Waals surface area contributed by atoms with Crippen LogP contribution in [0.5, 0.6) is 5.75 Å². The first-order valence-electron chi connectivity index (χ1n) is 5.88. The highest BCUT2D eigenvalue weighted by Crippen LogP contribution is 2.24. The normalized spacial score (nSPS) is 14.3. The molecule has 3 rings (SSSR count). The molecule has 0 aliphatic carbocycles. The summed E-state index contributed by atoms with van der Waals surface area (Å²) in [5.74, 6) is 2.21. The van der Waals surface area contributed by atoms with Crippen molar-refractivity contribution in [1.82, 2.24) is 10.3 Å². The molecule has 94 valence electrons. The van der Waals surface area contributed by atoms with E-state index in [9.17, 15) is 0 Å². The van der Waals surface area contributed by atoms with Gasteiger partial charge in [-0.15, -0.1) is 0 Å². The molecule has 1 aliphatic heterocycles. The Morgan fingerprint density at radius 1 is 1.39 bits per heavy atom. The van der Waals surface area contributed by atoms with Gasteiger partial charge in [0, 0.05) is 19.5 Å². The third-order valence-corrected chi connectivity index (χ3v) is 3.14. The van der Waals surface area contributed by atoms with Gasteiger partial charge in [0.2, 0.25) is 5.89 Å². The summed E-state index contributed by atoms with van der Waals surface area (Å²) in [5, 5.41) is 3.85. The molecule has 5 heteroatoms. The molecule has 0 amide bonds. The number of nitrogens with one attached hydrogen (secondary N) is 1. The Morgan fingerprint density at radius 3 is 3.11 bits per heavy atom. The molecule has 0 unspecified atom stereocenters. The van der Waals surface area contributed by atoms with Gasteiger partial charge in [-0.05, 0) is 12.1 Å². The lowest BCUT2D eigenvalue weighted by Gasteiger charge is -2.08. The van der Waals surface area contributed by atoms with E-state index in [2.05, 4.69) is 10.3 Å². The topological polar surface area (TPSA) is 47.3 Å². The molecule has 0 atom stereocenters. The molecule has 0 saturated carbocycles. The molecule has 2 aromatic rings. The van der Waals surface area contributed by atoms with E-state index < -0.39 is 0 Å². The third kappa shape index (κ3) is 2.35. The Morgan fingerprint density at radius 2 is 2.28 bits per heavy atom. The molecule has 0 radical (unpaired) electrons. The van der Waals surface area contributed by atoms with Crippen LogP contribution in [0.25, 0.3) is 0 Å². The molecular weight excluding hydrogens is 252 g/mol. The monoisotopic (exact) mass is 264 g/mol. The van der Waals surface area contributed by atoms with Crippen LogP contribution in [0.2, 0.25) is 5.02 Å². The van der Waals surface area contributed by atoms with Crippen molar-refractivity contribution in [2.45, 2.75) is 19.6 Å². The molecule has 4 nitrogen and oxygen atoms in total. The minimum atomic E-state index is 0.302. The summed E-state index contributed by atoms with van der Waals surface area (Å²) in [7, 11) is 0. The first-order valence-corrected chi connectivity index (χ1v) is 6.26. The van der Waals surface area contributed by atoms with Gasteiger partial charge in [-0.25, -0.2) is 4.98 Å². The minimum Gasteiger partial charge on any atom is -0.482 e. The van der Waals surface area contributed by atoms with Gasteiger partial charge >= 0.3 is 0 Å². The zero-order valence-electron chi connectivity index (χ0n) is 9.78. The first kappa shape index (κ1) is 11.6. The van der Waals surface area contributed by atoms with Crippen molar-refractivity contribution in [3.8, 4) is 5.75 Å². The van der Waals surface area contributed by atoms with Gasteiger partial charge in [0.05, 0.1) is 10.7 Å². The first-order chi connectivity index (χ1) is 8.83. The quantitative estimate of drug-likeness (QED) is 0.926. The zero-order chi connectivity index (χ0) is 12.4.